The first kappa shape index (κ1) is 19.8. The van der Waals surface area contributed by atoms with E-state index in [1.165, 1.54) is 11.8 Å². The molecule has 1 aliphatic rings. The number of hydrogen-bond acceptors (Lipinski definition) is 4. The molecule has 1 saturated heterocycles. The van der Waals surface area contributed by atoms with Crippen molar-refractivity contribution in [3.63, 3.8) is 0 Å². The molecule has 1 aromatic rings. The van der Waals surface area contributed by atoms with E-state index in [1.807, 2.05) is 24.3 Å². The molecule has 1 N–H and O–H groups in total. The highest BCUT2D eigenvalue weighted by atomic mass is 16.5. The zero-order valence-electron chi connectivity index (χ0n) is 15.3. The molecule has 2 rings (SSSR count). The fourth-order valence-electron chi connectivity index (χ4n) is 3.41. The number of para-hydroxylation sites is 1. The van der Waals surface area contributed by atoms with Crippen LogP contribution in [0.25, 0.3) is 0 Å². The van der Waals surface area contributed by atoms with Gasteiger partial charge in [0.2, 0.25) is 11.8 Å². The maximum atomic E-state index is 12.7. The highest BCUT2D eigenvalue weighted by Gasteiger charge is 2.27. The van der Waals surface area contributed by atoms with Crippen molar-refractivity contribution in [3.05, 3.63) is 29.8 Å². The van der Waals surface area contributed by atoms with Gasteiger partial charge in [0, 0.05) is 31.6 Å². The molecule has 0 aromatic heterocycles. The maximum Gasteiger partial charge on any atom is 0.323 e. The van der Waals surface area contributed by atoms with Crippen LogP contribution in [0.1, 0.15) is 31.7 Å². The lowest BCUT2D eigenvalue weighted by Gasteiger charge is -2.29. The minimum atomic E-state index is -1.02. The van der Waals surface area contributed by atoms with Gasteiger partial charge >= 0.3 is 5.97 Å². The van der Waals surface area contributed by atoms with Gasteiger partial charge in [-0.1, -0.05) is 18.2 Å². The Morgan fingerprint density at radius 1 is 1.23 bits per heavy atom. The average Bonchev–Trinajstić information content (AvgIpc) is 2.85. The first-order valence-electron chi connectivity index (χ1n) is 8.81. The van der Waals surface area contributed by atoms with Crippen LogP contribution in [0.2, 0.25) is 0 Å². The van der Waals surface area contributed by atoms with E-state index in [-0.39, 0.29) is 30.8 Å². The van der Waals surface area contributed by atoms with Crippen LogP contribution in [0.3, 0.4) is 0 Å². The fraction of sp³-hybridized carbons (Fsp3) is 0.526. The van der Waals surface area contributed by atoms with Gasteiger partial charge in [-0.05, 0) is 25.3 Å². The van der Waals surface area contributed by atoms with Crippen LogP contribution in [0, 0.1) is 0 Å². The third-order valence-electron chi connectivity index (χ3n) is 4.74. The number of carbonyl (C=O) groups is 3. The van der Waals surface area contributed by atoms with E-state index in [4.69, 9.17) is 9.84 Å². The summed E-state index contributed by atoms with van der Waals surface area (Å²) >= 11 is 0. The molecule has 1 atom stereocenters. The number of likely N-dealkylation sites (tertiary alicyclic amines) is 1. The van der Waals surface area contributed by atoms with Crippen LogP contribution in [0.15, 0.2) is 24.3 Å². The average molecular weight is 362 g/mol. The second kappa shape index (κ2) is 9.22. The third-order valence-corrected chi connectivity index (χ3v) is 4.74. The summed E-state index contributed by atoms with van der Waals surface area (Å²) < 4.78 is 5.30. The number of carbonyl (C=O) groups excluding carboxylic acids is 2. The van der Waals surface area contributed by atoms with E-state index < -0.39 is 5.97 Å². The molecule has 1 heterocycles. The topological polar surface area (TPSA) is 87.2 Å². The molecule has 0 saturated carbocycles. The number of methoxy groups -OCH3 is 1. The molecule has 0 aliphatic carbocycles. The lowest BCUT2D eigenvalue weighted by molar-refractivity contribution is -0.145. The van der Waals surface area contributed by atoms with E-state index in [9.17, 15) is 14.4 Å². The Bertz CT molecular complexity index is 661. The molecule has 1 aromatic carbocycles. The normalized spacial score (nSPS) is 17.3. The van der Waals surface area contributed by atoms with Crippen molar-refractivity contribution >= 4 is 17.8 Å². The number of nitrogens with zero attached hydrogens (tertiary/aromatic N) is 2. The molecular weight excluding hydrogens is 336 g/mol. The number of aliphatic carboxylic acids is 1. The molecule has 1 aliphatic heterocycles. The smallest absolute Gasteiger partial charge is 0.323 e. The second-order valence-electron chi connectivity index (χ2n) is 6.49. The second-order valence-corrected chi connectivity index (χ2v) is 6.49. The Morgan fingerprint density at radius 2 is 1.96 bits per heavy atom. The summed E-state index contributed by atoms with van der Waals surface area (Å²) in [5.41, 5.74) is 0.844. The van der Waals surface area contributed by atoms with Gasteiger partial charge in [0.1, 0.15) is 12.3 Å². The molecule has 142 valence electrons. The van der Waals surface area contributed by atoms with Gasteiger partial charge < -0.3 is 19.6 Å². The lowest BCUT2D eigenvalue weighted by atomic mass is 10.1. The first-order valence-corrected chi connectivity index (χ1v) is 8.81. The minimum Gasteiger partial charge on any atom is -0.496 e. The lowest BCUT2D eigenvalue weighted by Crippen LogP contribution is -2.43. The predicted molar refractivity (Wildman–Crippen MR) is 95.9 cm³/mol. The standard InChI is InChI=1S/C19H26N2O5/c1-14(22)21(13-19(24)25)16-7-5-10-20(11-9-16)18(23)12-15-6-3-4-8-17(15)26-2/h3-4,6,8,16H,5,7,9-13H2,1-2H3,(H,24,25)/t16-/m1/s1. The van der Waals surface area contributed by atoms with Crippen molar-refractivity contribution in [3.8, 4) is 5.75 Å². The molecule has 26 heavy (non-hydrogen) atoms. The summed E-state index contributed by atoms with van der Waals surface area (Å²) in [6, 6.07) is 7.30. The Kier molecular flexibility index (Phi) is 7.00. The summed E-state index contributed by atoms with van der Waals surface area (Å²) in [5.74, 6) is -0.555. The molecular formula is C19H26N2O5. The van der Waals surface area contributed by atoms with Crippen LogP contribution >= 0.6 is 0 Å². The monoisotopic (exact) mass is 362 g/mol. The van der Waals surface area contributed by atoms with Crippen molar-refractivity contribution in [1.82, 2.24) is 9.80 Å². The highest BCUT2D eigenvalue weighted by Crippen LogP contribution is 2.21. The van der Waals surface area contributed by atoms with Crippen molar-refractivity contribution < 1.29 is 24.2 Å². The predicted octanol–water partition coefficient (Wildman–Crippen LogP) is 1.55. The van der Waals surface area contributed by atoms with Gasteiger partial charge in [-0.25, -0.2) is 0 Å². The van der Waals surface area contributed by atoms with Gasteiger partial charge in [0.25, 0.3) is 0 Å². The number of benzene rings is 1. The van der Waals surface area contributed by atoms with Crippen LogP contribution in [0.5, 0.6) is 5.75 Å². The van der Waals surface area contributed by atoms with Gasteiger partial charge in [0.15, 0.2) is 0 Å². The SMILES string of the molecule is COc1ccccc1CC(=O)N1CCC[C@@H](N(CC(=O)O)C(C)=O)CC1. The zero-order chi connectivity index (χ0) is 19.1. The van der Waals surface area contributed by atoms with E-state index >= 15 is 0 Å². The van der Waals surface area contributed by atoms with E-state index in [0.717, 1.165) is 12.0 Å². The molecule has 0 unspecified atom stereocenters. The van der Waals surface area contributed by atoms with Gasteiger partial charge in [-0.15, -0.1) is 0 Å². The molecule has 0 radical (unpaired) electrons. The Labute approximate surface area is 153 Å². The Morgan fingerprint density at radius 3 is 2.62 bits per heavy atom. The summed E-state index contributed by atoms with van der Waals surface area (Å²) in [6.07, 6.45) is 2.29. The molecule has 2 amide bonds. The molecule has 7 nitrogen and oxygen atoms in total. The van der Waals surface area contributed by atoms with Crippen molar-refractivity contribution in [2.75, 3.05) is 26.7 Å². The summed E-state index contributed by atoms with van der Waals surface area (Å²) in [7, 11) is 1.58. The van der Waals surface area contributed by atoms with E-state index in [2.05, 4.69) is 0 Å². The summed E-state index contributed by atoms with van der Waals surface area (Å²) in [6.45, 7) is 2.22. The number of amides is 2. The number of carboxylic acid groups (broad SMARTS) is 1. The summed E-state index contributed by atoms with van der Waals surface area (Å²) in [4.78, 5) is 38.7. The first-order chi connectivity index (χ1) is 12.4. The van der Waals surface area contributed by atoms with Crippen molar-refractivity contribution in [1.29, 1.82) is 0 Å². The van der Waals surface area contributed by atoms with Crippen molar-refractivity contribution in [2.24, 2.45) is 0 Å². The minimum absolute atomic E-state index is 0.0164. The molecule has 7 heteroatoms. The van der Waals surface area contributed by atoms with Crippen LogP contribution < -0.4 is 4.74 Å². The van der Waals surface area contributed by atoms with Crippen molar-refractivity contribution in [2.45, 2.75) is 38.6 Å². The molecule has 1 fully saturated rings. The Hall–Kier alpha value is -2.57. The maximum absolute atomic E-state index is 12.7. The fourth-order valence-corrected chi connectivity index (χ4v) is 3.41. The van der Waals surface area contributed by atoms with Crippen LogP contribution in [0.4, 0.5) is 0 Å². The zero-order valence-corrected chi connectivity index (χ0v) is 15.3. The number of ether oxygens (including phenoxy) is 1. The summed E-state index contributed by atoms with van der Waals surface area (Å²) in [5, 5.41) is 9.02. The van der Waals surface area contributed by atoms with Gasteiger partial charge in [-0.3, -0.25) is 14.4 Å². The van der Waals surface area contributed by atoms with Crippen LogP contribution in [-0.4, -0.2) is 65.5 Å². The Balaban J connectivity index is 1.99. The van der Waals surface area contributed by atoms with Gasteiger partial charge in [-0.2, -0.15) is 0 Å². The van der Waals surface area contributed by atoms with E-state index in [1.54, 1.807) is 12.0 Å². The molecule has 0 spiro atoms. The van der Waals surface area contributed by atoms with Gasteiger partial charge in [0.05, 0.1) is 13.5 Å². The largest absolute Gasteiger partial charge is 0.496 e. The number of rotatable bonds is 6. The number of carboxylic acids is 1. The number of hydrogen-bond donors (Lipinski definition) is 1. The van der Waals surface area contributed by atoms with E-state index in [0.29, 0.717) is 31.7 Å². The quantitative estimate of drug-likeness (QED) is 0.830. The third kappa shape index (κ3) is 5.21. The van der Waals surface area contributed by atoms with Crippen LogP contribution in [-0.2, 0) is 20.8 Å². The highest BCUT2D eigenvalue weighted by molar-refractivity contribution is 5.80. The molecule has 0 bridgehead atoms.